The molecule has 1 saturated heterocycles. The quantitative estimate of drug-likeness (QED) is 0.737. The number of carbonyl (C=O) groups excluding carboxylic acids is 2. The van der Waals surface area contributed by atoms with Gasteiger partial charge in [0.05, 0.1) is 13.1 Å². The second-order valence-electron chi connectivity index (χ2n) is 5.97. The number of carbonyl (C=O) groups is 2. The van der Waals surface area contributed by atoms with Crippen molar-refractivity contribution in [3.05, 3.63) is 0 Å². The van der Waals surface area contributed by atoms with Crippen LogP contribution < -0.4 is 11.1 Å². The van der Waals surface area contributed by atoms with Gasteiger partial charge in [-0.15, -0.1) is 12.4 Å². The Labute approximate surface area is 136 Å². The number of piperidine rings is 1. The summed E-state index contributed by atoms with van der Waals surface area (Å²) in [5.41, 5.74) is 4.95. The van der Waals surface area contributed by atoms with E-state index in [1.54, 1.807) is 0 Å². The van der Waals surface area contributed by atoms with Gasteiger partial charge >= 0.3 is 0 Å². The lowest BCUT2D eigenvalue weighted by atomic mass is 9.98. The van der Waals surface area contributed by atoms with Crippen molar-refractivity contribution >= 4 is 24.2 Å². The number of halogens is 3. The van der Waals surface area contributed by atoms with Crippen LogP contribution in [0.15, 0.2) is 0 Å². The van der Waals surface area contributed by atoms with Crippen molar-refractivity contribution in [3.8, 4) is 0 Å². The number of rotatable bonds is 7. The average Bonchev–Trinajstić information content (AvgIpc) is 2.43. The predicted molar refractivity (Wildman–Crippen MR) is 83.1 cm³/mol. The number of nitrogens with two attached hydrogens (primary N) is 1. The fraction of sp³-hybridized carbons (Fsp3) is 0.857. The second kappa shape index (κ2) is 9.25. The minimum atomic E-state index is -3.12. The molecule has 1 rings (SSSR count). The van der Waals surface area contributed by atoms with Crippen LogP contribution in [0.4, 0.5) is 8.78 Å². The van der Waals surface area contributed by atoms with Crippen molar-refractivity contribution in [1.82, 2.24) is 10.2 Å². The third-order valence-corrected chi connectivity index (χ3v) is 3.55. The standard InChI is InChI=1S/C14H25F2N3O2.ClH/c1-10(2)7-11(19-6-4-3-5-12(19)20)13(21)18-9-14(15,16)8-17;/h10-11H,3-9,17H2,1-2H3,(H,18,21);1H. The van der Waals surface area contributed by atoms with Gasteiger partial charge in [-0.3, -0.25) is 9.59 Å². The van der Waals surface area contributed by atoms with Crippen LogP contribution in [-0.4, -0.2) is 48.3 Å². The summed E-state index contributed by atoms with van der Waals surface area (Å²) in [6.45, 7) is 2.77. The molecular formula is C14H26ClF2N3O2. The van der Waals surface area contributed by atoms with Crippen molar-refractivity contribution < 1.29 is 18.4 Å². The lowest BCUT2D eigenvalue weighted by Gasteiger charge is -2.35. The summed E-state index contributed by atoms with van der Waals surface area (Å²) in [6, 6.07) is -0.675. The maximum Gasteiger partial charge on any atom is 0.277 e. The Balaban J connectivity index is 0.00000441. The van der Waals surface area contributed by atoms with Crippen LogP contribution in [-0.2, 0) is 9.59 Å². The van der Waals surface area contributed by atoms with E-state index in [2.05, 4.69) is 5.32 Å². The van der Waals surface area contributed by atoms with Crippen LogP contribution in [0.3, 0.4) is 0 Å². The Morgan fingerprint density at radius 2 is 2.05 bits per heavy atom. The van der Waals surface area contributed by atoms with Gasteiger partial charge in [0.15, 0.2) is 0 Å². The topological polar surface area (TPSA) is 75.4 Å². The average molecular weight is 342 g/mol. The van der Waals surface area contributed by atoms with Crippen molar-refractivity contribution in [3.63, 3.8) is 0 Å². The minimum Gasteiger partial charge on any atom is -0.348 e. The Morgan fingerprint density at radius 3 is 2.55 bits per heavy atom. The van der Waals surface area contributed by atoms with Gasteiger partial charge < -0.3 is 16.0 Å². The lowest BCUT2D eigenvalue weighted by molar-refractivity contribution is -0.143. The summed E-state index contributed by atoms with van der Waals surface area (Å²) in [5, 5.41) is 2.23. The highest BCUT2D eigenvalue weighted by molar-refractivity contribution is 5.88. The van der Waals surface area contributed by atoms with Crippen LogP contribution in [0, 0.1) is 5.92 Å². The SMILES string of the molecule is CC(C)CC(C(=O)NCC(F)(F)CN)N1CCCCC1=O.Cl. The maximum atomic E-state index is 13.1. The fourth-order valence-corrected chi connectivity index (χ4v) is 2.39. The smallest absolute Gasteiger partial charge is 0.277 e. The predicted octanol–water partition coefficient (Wildman–Crippen LogP) is 1.55. The zero-order valence-electron chi connectivity index (χ0n) is 13.1. The van der Waals surface area contributed by atoms with E-state index >= 15 is 0 Å². The molecule has 0 radical (unpaired) electrons. The van der Waals surface area contributed by atoms with Gasteiger partial charge in [0, 0.05) is 13.0 Å². The van der Waals surface area contributed by atoms with Gasteiger partial charge in [-0.1, -0.05) is 13.8 Å². The highest BCUT2D eigenvalue weighted by atomic mass is 35.5. The van der Waals surface area contributed by atoms with Gasteiger partial charge in [-0.05, 0) is 25.2 Å². The lowest BCUT2D eigenvalue weighted by Crippen LogP contribution is -2.53. The molecule has 0 aromatic heterocycles. The highest BCUT2D eigenvalue weighted by Gasteiger charge is 2.34. The number of hydrogen-bond donors (Lipinski definition) is 2. The van der Waals surface area contributed by atoms with Crippen molar-refractivity contribution in [2.75, 3.05) is 19.6 Å². The molecule has 0 aromatic carbocycles. The summed E-state index contributed by atoms with van der Waals surface area (Å²) in [7, 11) is 0. The Bertz CT molecular complexity index is 381. The molecule has 1 fully saturated rings. The zero-order chi connectivity index (χ0) is 16.0. The molecule has 0 bridgehead atoms. The van der Waals surface area contributed by atoms with Crippen LogP contribution in [0.2, 0.25) is 0 Å². The van der Waals surface area contributed by atoms with E-state index in [9.17, 15) is 18.4 Å². The Kier molecular flexibility index (Phi) is 8.85. The normalized spacial score (nSPS) is 17.2. The van der Waals surface area contributed by atoms with Gasteiger partial charge in [-0.2, -0.15) is 0 Å². The zero-order valence-corrected chi connectivity index (χ0v) is 13.9. The molecule has 1 aliphatic rings. The monoisotopic (exact) mass is 341 g/mol. The first-order valence-corrected chi connectivity index (χ1v) is 7.42. The maximum absolute atomic E-state index is 13.1. The van der Waals surface area contributed by atoms with Crippen molar-refractivity contribution in [1.29, 1.82) is 0 Å². The first-order chi connectivity index (χ1) is 9.76. The largest absolute Gasteiger partial charge is 0.348 e. The van der Waals surface area contributed by atoms with E-state index in [-0.39, 0.29) is 24.2 Å². The van der Waals surface area contributed by atoms with Crippen LogP contribution in [0.1, 0.15) is 39.5 Å². The summed E-state index contributed by atoms with van der Waals surface area (Å²) >= 11 is 0. The molecule has 1 unspecified atom stereocenters. The minimum absolute atomic E-state index is 0. The molecule has 0 aromatic rings. The fourth-order valence-electron chi connectivity index (χ4n) is 2.39. The molecule has 0 saturated carbocycles. The third-order valence-electron chi connectivity index (χ3n) is 3.55. The molecule has 2 amide bonds. The van der Waals surface area contributed by atoms with Gasteiger partial charge in [0.2, 0.25) is 11.8 Å². The summed E-state index contributed by atoms with van der Waals surface area (Å²) in [4.78, 5) is 25.7. The number of hydrogen-bond acceptors (Lipinski definition) is 3. The number of nitrogens with one attached hydrogen (secondary N) is 1. The number of nitrogens with zero attached hydrogens (tertiary/aromatic N) is 1. The summed E-state index contributed by atoms with van der Waals surface area (Å²) in [5.74, 6) is -3.53. The van der Waals surface area contributed by atoms with Crippen LogP contribution >= 0.6 is 12.4 Å². The van der Waals surface area contributed by atoms with E-state index < -0.39 is 31.0 Å². The van der Waals surface area contributed by atoms with E-state index in [1.165, 1.54) is 4.90 Å². The number of alkyl halides is 2. The van der Waals surface area contributed by atoms with E-state index in [0.717, 1.165) is 12.8 Å². The van der Waals surface area contributed by atoms with Crippen LogP contribution in [0.25, 0.3) is 0 Å². The highest BCUT2D eigenvalue weighted by Crippen LogP contribution is 2.19. The van der Waals surface area contributed by atoms with Gasteiger partial charge in [0.25, 0.3) is 5.92 Å². The van der Waals surface area contributed by atoms with Crippen molar-refractivity contribution in [2.45, 2.75) is 51.5 Å². The number of amides is 2. The van der Waals surface area contributed by atoms with E-state index in [1.807, 2.05) is 13.8 Å². The molecule has 130 valence electrons. The Hall–Kier alpha value is -0.950. The molecule has 3 N–H and O–H groups in total. The Morgan fingerprint density at radius 1 is 1.41 bits per heavy atom. The van der Waals surface area contributed by atoms with Gasteiger partial charge in [-0.25, -0.2) is 8.78 Å². The van der Waals surface area contributed by atoms with E-state index in [4.69, 9.17) is 5.73 Å². The molecular weight excluding hydrogens is 316 g/mol. The summed E-state index contributed by atoms with van der Waals surface area (Å²) < 4.78 is 26.3. The third kappa shape index (κ3) is 6.44. The van der Waals surface area contributed by atoms with E-state index in [0.29, 0.717) is 19.4 Å². The van der Waals surface area contributed by atoms with Crippen molar-refractivity contribution in [2.24, 2.45) is 11.7 Å². The summed E-state index contributed by atoms with van der Waals surface area (Å²) in [6.07, 6.45) is 2.54. The molecule has 1 atom stereocenters. The number of likely N-dealkylation sites (tertiary alicyclic amines) is 1. The second-order valence-corrected chi connectivity index (χ2v) is 5.97. The van der Waals surface area contributed by atoms with Crippen LogP contribution in [0.5, 0.6) is 0 Å². The first-order valence-electron chi connectivity index (χ1n) is 7.42. The molecule has 0 aliphatic carbocycles. The molecule has 1 aliphatic heterocycles. The molecule has 8 heteroatoms. The van der Waals surface area contributed by atoms with Gasteiger partial charge in [0.1, 0.15) is 6.04 Å². The molecule has 5 nitrogen and oxygen atoms in total. The first kappa shape index (κ1) is 21.0. The molecule has 1 heterocycles. The molecule has 0 spiro atoms. The molecule has 22 heavy (non-hydrogen) atoms.